The van der Waals surface area contributed by atoms with Gasteiger partial charge in [0.1, 0.15) is 5.82 Å². The maximum atomic E-state index is 14.4. The van der Waals surface area contributed by atoms with Crippen LogP contribution in [0.2, 0.25) is 0 Å². The van der Waals surface area contributed by atoms with E-state index in [0.29, 0.717) is 17.8 Å². The van der Waals surface area contributed by atoms with E-state index in [-0.39, 0.29) is 23.2 Å². The lowest BCUT2D eigenvalue weighted by Gasteiger charge is -2.47. The maximum Gasteiger partial charge on any atom is 0.220 e. The van der Waals surface area contributed by atoms with Crippen molar-refractivity contribution in [1.29, 1.82) is 0 Å². The number of hydrogen-bond donors (Lipinski definition) is 1. The van der Waals surface area contributed by atoms with Gasteiger partial charge in [-0.3, -0.25) is 4.79 Å². The van der Waals surface area contributed by atoms with Gasteiger partial charge in [-0.1, -0.05) is 26.8 Å². The Bertz CT molecular complexity index is 789. The fourth-order valence-electron chi connectivity index (χ4n) is 5.84. The van der Waals surface area contributed by atoms with Crippen molar-refractivity contribution in [3.05, 3.63) is 35.1 Å². The first-order chi connectivity index (χ1) is 15.2. The molecule has 0 bridgehead atoms. The van der Waals surface area contributed by atoms with E-state index in [9.17, 15) is 9.18 Å². The highest BCUT2D eigenvalue weighted by molar-refractivity contribution is 5.77. The number of rotatable bonds is 5. The lowest BCUT2D eigenvalue weighted by atomic mass is 9.63. The number of fused-ring (bicyclic) bond motifs is 2. The zero-order valence-corrected chi connectivity index (χ0v) is 20.2. The molecule has 5 heteroatoms. The van der Waals surface area contributed by atoms with Gasteiger partial charge in [-0.2, -0.15) is 0 Å². The number of amides is 1. The number of halogens is 1. The average molecular weight is 445 g/mol. The van der Waals surface area contributed by atoms with Crippen molar-refractivity contribution < 1.29 is 13.9 Å². The zero-order chi connectivity index (χ0) is 22.8. The number of ether oxygens (including phenoxy) is 1. The minimum Gasteiger partial charge on any atom is -0.381 e. The van der Waals surface area contributed by atoms with Crippen molar-refractivity contribution in [2.45, 2.75) is 83.6 Å². The largest absolute Gasteiger partial charge is 0.381 e. The van der Waals surface area contributed by atoms with Crippen LogP contribution >= 0.6 is 0 Å². The number of carbonyl (C=O) groups is 1. The molecule has 0 radical (unpaired) electrons. The Balaban J connectivity index is 1.43. The number of nitrogens with zero attached hydrogens (tertiary/aromatic N) is 1. The molecule has 2 aliphatic heterocycles. The normalized spacial score (nSPS) is 24.3. The summed E-state index contributed by atoms with van der Waals surface area (Å²) in [5, 5.41) is 3.30. The topological polar surface area (TPSA) is 41.6 Å². The summed E-state index contributed by atoms with van der Waals surface area (Å²) in [5.74, 6) is 0.390. The van der Waals surface area contributed by atoms with Gasteiger partial charge < -0.3 is 15.0 Å². The van der Waals surface area contributed by atoms with Crippen LogP contribution in [-0.2, 0) is 14.9 Å². The molecule has 1 amide bonds. The smallest absolute Gasteiger partial charge is 0.220 e. The molecule has 2 heterocycles. The molecule has 1 aromatic carbocycles. The van der Waals surface area contributed by atoms with Gasteiger partial charge in [0.25, 0.3) is 0 Å². The van der Waals surface area contributed by atoms with E-state index in [1.807, 2.05) is 6.07 Å². The molecule has 0 unspecified atom stereocenters. The zero-order valence-electron chi connectivity index (χ0n) is 20.2. The molecule has 0 saturated carbocycles. The number of carbonyl (C=O) groups excluding carboxylic acids is 1. The summed E-state index contributed by atoms with van der Waals surface area (Å²) in [6.07, 6.45) is 7.84. The molecule has 2 fully saturated rings. The summed E-state index contributed by atoms with van der Waals surface area (Å²) in [6, 6.07) is 5.25. The second kappa shape index (κ2) is 9.80. The minimum absolute atomic E-state index is 0.00230. The highest BCUT2D eigenvalue weighted by Crippen LogP contribution is 2.48. The Labute approximate surface area is 193 Å². The first-order valence-corrected chi connectivity index (χ1v) is 12.6. The van der Waals surface area contributed by atoms with E-state index in [2.05, 4.69) is 31.0 Å². The van der Waals surface area contributed by atoms with Crippen LogP contribution in [-0.4, -0.2) is 43.7 Å². The number of piperidine rings is 1. The summed E-state index contributed by atoms with van der Waals surface area (Å²) in [5.41, 5.74) is 2.69. The molecular formula is C27H41FN2O2. The van der Waals surface area contributed by atoms with Crippen molar-refractivity contribution in [3.63, 3.8) is 0 Å². The predicted octanol–water partition coefficient (Wildman–Crippen LogP) is 5.36. The molecule has 0 aromatic heterocycles. The molecule has 4 rings (SSSR count). The lowest BCUT2D eigenvalue weighted by Crippen LogP contribution is -2.47. The van der Waals surface area contributed by atoms with Gasteiger partial charge in [0, 0.05) is 19.6 Å². The SMILES string of the molecule is CC(C)(C)CCN1CCC2(CC[C@H](NC(=O)CC3CCOCC3)c3ccc(F)cc32)CC1. The number of likely N-dealkylation sites (tertiary alicyclic amines) is 1. The molecule has 1 aliphatic carbocycles. The van der Waals surface area contributed by atoms with Gasteiger partial charge in [-0.05, 0) is 105 Å². The predicted molar refractivity (Wildman–Crippen MR) is 126 cm³/mol. The lowest BCUT2D eigenvalue weighted by molar-refractivity contribution is -0.123. The van der Waals surface area contributed by atoms with Gasteiger partial charge in [-0.25, -0.2) is 4.39 Å². The summed E-state index contributed by atoms with van der Waals surface area (Å²) in [6.45, 7) is 11.7. The van der Waals surface area contributed by atoms with E-state index in [0.717, 1.165) is 82.5 Å². The standard InChI is InChI=1S/C27H41FN2O2/c1-26(2,3)10-13-30-14-11-27(12-15-30)9-6-24(22-5-4-21(28)19-23(22)27)29-25(31)18-20-7-16-32-17-8-20/h4-5,19-20,24H,6-18H2,1-3H3,(H,29,31)/t24-/m0/s1. The highest BCUT2D eigenvalue weighted by atomic mass is 19.1. The minimum atomic E-state index is -0.160. The molecule has 178 valence electrons. The van der Waals surface area contributed by atoms with Crippen LogP contribution in [0.5, 0.6) is 0 Å². The molecule has 2 saturated heterocycles. The quantitative estimate of drug-likeness (QED) is 0.664. The van der Waals surface area contributed by atoms with Gasteiger partial charge in [0.05, 0.1) is 6.04 Å². The number of benzene rings is 1. The van der Waals surface area contributed by atoms with E-state index >= 15 is 0 Å². The van der Waals surface area contributed by atoms with E-state index in [1.54, 1.807) is 12.1 Å². The van der Waals surface area contributed by atoms with Gasteiger partial charge in [0.2, 0.25) is 5.91 Å². The summed E-state index contributed by atoms with van der Waals surface area (Å²) in [7, 11) is 0. The Morgan fingerprint density at radius 2 is 1.88 bits per heavy atom. The first-order valence-electron chi connectivity index (χ1n) is 12.6. The third-order valence-corrected chi connectivity index (χ3v) is 8.02. The Morgan fingerprint density at radius 3 is 2.56 bits per heavy atom. The maximum absolute atomic E-state index is 14.4. The molecule has 3 aliphatic rings. The fourth-order valence-corrected chi connectivity index (χ4v) is 5.84. The third-order valence-electron chi connectivity index (χ3n) is 8.02. The molecular weight excluding hydrogens is 403 g/mol. The molecule has 32 heavy (non-hydrogen) atoms. The summed E-state index contributed by atoms with van der Waals surface area (Å²) in [4.78, 5) is 15.4. The van der Waals surface area contributed by atoms with E-state index < -0.39 is 0 Å². The molecule has 1 N–H and O–H groups in total. The second-order valence-corrected chi connectivity index (χ2v) is 11.6. The molecule has 4 nitrogen and oxygen atoms in total. The van der Waals surface area contributed by atoms with Crippen LogP contribution in [0.15, 0.2) is 18.2 Å². The third kappa shape index (κ3) is 5.72. The van der Waals surface area contributed by atoms with E-state index in [4.69, 9.17) is 4.74 Å². The average Bonchev–Trinajstić information content (AvgIpc) is 2.76. The van der Waals surface area contributed by atoms with Crippen molar-refractivity contribution in [3.8, 4) is 0 Å². The van der Waals surface area contributed by atoms with Crippen LogP contribution < -0.4 is 5.32 Å². The van der Waals surface area contributed by atoms with Crippen LogP contribution in [0, 0.1) is 17.2 Å². The number of nitrogens with one attached hydrogen (secondary N) is 1. The van der Waals surface area contributed by atoms with Crippen molar-refractivity contribution in [2.24, 2.45) is 11.3 Å². The Morgan fingerprint density at radius 1 is 1.16 bits per heavy atom. The van der Waals surface area contributed by atoms with Gasteiger partial charge in [-0.15, -0.1) is 0 Å². The first kappa shape index (κ1) is 23.7. The second-order valence-electron chi connectivity index (χ2n) is 11.6. The monoisotopic (exact) mass is 444 g/mol. The van der Waals surface area contributed by atoms with Gasteiger partial charge >= 0.3 is 0 Å². The molecule has 1 atom stereocenters. The van der Waals surface area contributed by atoms with Crippen LogP contribution in [0.4, 0.5) is 4.39 Å². The summed E-state index contributed by atoms with van der Waals surface area (Å²) >= 11 is 0. The van der Waals surface area contributed by atoms with Crippen LogP contribution in [0.25, 0.3) is 0 Å². The Kier molecular flexibility index (Phi) is 7.26. The van der Waals surface area contributed by atoms with Crippen molar-refractivity contribution in [2.75, 3.05) is 32.8 Å². The number of hydrogen-bond acceptors (Lipinski definition) is 3. The van der Waals surface area contributed by atoms with Crippen LogP contribution in [0.1, 0.15) is 89.3 Å². The van der Waals surface area contributed by atoms with Crippen molar-refractivity contribution in [1.82, 2.24) is 10.2 Å². The van der Waals surface area contributed by atoms with Crippen molar-refractivity contribution >= 4 is 5.91 Å². The highest BCUT2D eigenvalue weighted by Gasteiger charge is 2.42. The van der Waals surface area contributed by atoms with Crippen LogP contribution in [0.3, 0.4) is 0 Å². The fraction of sp³-hybridized carbons (Fsp3) is 0.741. The molecule has 1 spiro atoms. The summed E-state index contributed by atoms with van der Waals surface area (Å²) < 4.78 is 19.8. The van der Waals surface area contributed by atoms with E-state index in [1.165, 1.54) is 6.42 Å². The molecule has 1 aromatic rings. The Hall–Kier alpha value is -1.46. The van der Waals surface area contributed by atoms with Gasteiger partial charge in [0.15, 0.2) is 0 Å².